The van der Waals surface area contributed by atoms with Crippen LogP contribution in [0.4, 0.5) is 34.1 Å². The maximum atomic E-state index is 7.40. The highest BCUT2D eigenvalue weighted by molar-refractivity contribution is 6.98. The first-order valence-electron chi connectivity index (χ1n) is 31.5. The van der Waals surface area contributed by atoms with Crippen LogP contribution in [-0.2, 0) is 21.7 Å². The van der Waals surface area contributed by atoms with E-state index in [-0.39, 0.29) is 28.4 Å². The lowest BCUT2D eigenvalue weighted by Crippen LogP contribution is -2.57. The predicted octanol–water partition coefficient (Wildman–Crippen LogP) is 20.7. The number of nitrogens with zero attached hydrogens (tertiary/aromatic N) is 4. The molecule has 11 aromatic carbocycles. The van der Waals surface area contributed by atoms with Gasteiger partial charge in [-0.3, -0.25) is 0 Å². The van der Waals surface area contributed by atoms with Gasteiger partial charge in [0.2, 0.25) is 0 Å². The molecule has 0 radical (unpaired) electrons. The molecule has 0 N–H and O–H groups in total. The first-order valence-corrected chi connectivity index (χ1v) is 31.5. The van der Waals surface area contributed by atoms with Crippen molar-refractivity contribution in [1.29, 1.82) is 0 Å². The number of benzene rings is 11. The smallest absolute Gasteiger partial charge is 0.260 e. The highest BCUT2D eigenvalue weighted by atomic mass is 16.5. The predicted molar refractivity (Wildman–Crippen MR) is 377 cm³/mol. The summed E-state index contributed by atoms with van der Waals surface area (Å²) in [6, 6.07) is 87.6. The summed E-state index contributed by atoms with van der Waals surface area (Å²) in [7, 11) is 0. The van der Waals surface area contributed by atoms with Gasteiger partial charge in [-0.15, -0.1) is 0 Å². The molecule has 4 heterocycles. The molecule has 438 valence electrons. The van der Waals surface area contributed by atoms with Crippen LogP contribution in [0.1, 0.15) is 105 Å². The maximum Gasteiger partial charge on any atom is 0.260 e. The Morgan fingerprint density at radius 1 is 0.303 bits per heavy atom. The Morgan fingerprint density at radius 2 is 0.607 bits per heavy atom. The quantitative estimate of drug-likeness (QED) is 0.142. The average Bonchev–Trinajstić information content (AvgIpc) is 1.66. The number of rotatable bonds is 8. The third-order valence-corrected chi connectivity index (χ3v) is 18.7. The van der Waals surface area contributed by atoms with Crippen LogP contribution in [0.3, 0.4) is 0 Å². The van der Waals surface area contributed by atoms with Crippen LogP contribution in [0.5, 0.6) is 23.0 Å². The van der Waals surface area contributed by atoms with Crippen molar-refractivity contribution < 1.29 is 9.47 Å². The van der Waals surface area contributed by atoms with E-state index >= 15 is 0 Å². The summed E-state index contributed by atoms with van der Waals surface area (Å²) in [5.74, 6) is 3.29. The van der Waals surface area contributed by atoms with E-state index in [1.54, 1.807) is 0 Å². The van der Waals surface area contributed by atoms with Crippen LogP contribution in [0.2, 0.25) is 0 Å². The lowest BCUT2D eigenvalue weighted by Gasteiger charge is -2.33. The highest BCUT2D eigenvalue weighted by Crippen LogP contribution is 2.48. The Balaban J connectivity index is 0.931. The summed E-state index contributed by atoms with van der Waals surface area (Å²) < 4.78 is 19.7. The van der Waals surface area contributed by atoms with E-state index in [0.717, 1.165) is 128 Å². The SMILES string of the molecule is CC(C)(C)c1ccc(N(c2ccc(C(C)(C)C)cc2)c2ccc3c4ccc5c(c4n(-c4ccccc4)c3c2)Oc2cccc3c2B5c2ccc4c5ccc(N(c6ccc(C(C)(C)C)cc6)c6ccc(C(C)(C)C)cc6)cc5n(-c5ccccc5)c4c2O3)cc1. The van der Waals surface area contributed by atoms with Gasteiger partial charge in [-0.2, -0.15) is 0 Å². The standard InChI is InChI=1S/C82H75BN4O2/c1-79(2,3)52-26-34-58(35-27-52)84(59-36-28-53(29-37-59)80(4,5)6)62-42-44-64-66-46-48-68-77(75(66)86(70(64)50-62)56-20-15-13-16-21-56)88-72-24-19-25-73-74(72)83(68)69-49-47-67-65-45-43-63(51-71(65)87(76(67)78(69)89-73)57-22-17-14-18-23-57)85(60-38-30-54(31-39-60)81(7,8)9)61-40-32-55(33-41-61)82(10,11)12/h13-51H,1-12H3. The molecule has 6 nitrogen and oxygen atoms in total. The fourth-order valence-corrected chi connectivity index (χ4v) is 13.8. The van der Waals surface area contributed by atoms with E-state index < -0.39 is 0 Å². The first kappa shape index (κ1) is 55.8. The van der Waals surface area contributed by atoms with Crippen LogP contribution >= 0.6 is 0 Å². The molecule has 0 amide bonds. The van der Waals surface area contributed by atoms with Gasteiger partial charge in [0.25, 0.3) is 6.71 Å². The summed E-state index contributed by atoms with van der Waals surface area (Å²) in [5.41, 5.74) is 21.4. The van der Waals surface area contributed by atoms with Crippen LogP contribution in [-0.4, -0.2) is 15.8 Å². The Labute approximate surface area is 524 Å². The molecule has 0 atom stereocenters. The summed E-state index contributed by atoms with van der Waals surface area (Å²) in [6.45, 7) is 27.1. The zero-order chi connectivity index (χ0) is 61.5. The van der Waals surface area contributed by atoms with Crippen LogP contribution in [0, 0.1) is 0 Å². The molecule has 0 aliphatic carbocycles. The molecule has 7 heteroatoms. The van der Waals surface area contributed by atoms with Crippen molar-refractivity contribution in [2.75, 3.05) is 9.80 Å². The lowest BCUT2D eigenvalue weighted by molar-refractivity contribution is 0.468. The Morgan fingerprint density at radius 3 is 0.921 bits per heavy atom. The van der Waals surface area contributed by atoms with Crippen molar-refractivity contribution in [2.45, 2.75) is 105 Å². The van der Waals surface area contributed by atoms with Gasteiger partial charge in [-0.05, 0) is 164 Å². The minimum Gasteiger partial charge on any atom is -0.456 e. The van der Waals surface area contributed by atoms with E-state index in [0.29, 0.717) is 0 Å². The normalized spacial score (nSPS) is 13.1. The summed E-state index contributed by atoms with van der Waals surface area (Å²) in [6.07, 6.45) is 0. The fourth-order valence-electron chi connectivity index (χ4n) is 13.8. The Bertz CT molecular complexity index is 4480. The minimum absolute atomic E-state index is 0.0200. The third-order valence-electron chi connectivity index (χ3n) is 18.7. The van der Waals surface area contributed by atoms with Crippen molar-refractivity contribution >= 4 is 101 Å². The molecule has 0 bridgehead atoms. The van der Waals surface area contributed by atoms with Gasteiger partial charge >= 0.3 is 0 Å². The molecule has 0 fully saturated rings. The highest BCUT2D eigenvalue weighted by Gasteiger charge is 2.43. The number of ether oxygens (including phenoxy) is 2. The molecule has 0 spiro atoms. The number of hydrogen-bond donors (Lipinski definition) is 0. The number of aromatic nitrogens is 2. The zero-order valence-electron chi connectivity index (χ0n) is 53.2. The van der Waals surface area contributed by atoms with Crippen molar-refractivity contribution in [2.24, 2.45) is 0 Å². The Hall–Kier alpha value is -9.72. The number of fused-ring (bicyclic) bond motifs is 12. The molecule has 0 unspecified atom stereocenters. The number of hydrogen-bond acceptors (Lipinski definition) is 4. The van der Waals surface area contributed by atoms with E-state index in [9.17, 15) is 0 Å². The molecule has 0 saturated carbocycles. The van der Waals surface area contributed by atoms with Crippen molar-refractivity contribution in [3.63, 3.8) is 0 Å². The number of para-hydroxylation sites is 2. The second-order valence-electron chi connectivity index (χ2n) is 28.7. The molecule has 89 heavy (non-hydrogen) atoms. The lowest BCUT2D eigenvalue weighted by atomic mass is 9.34. The van der Waals surface area contributed by atoms with Gasteiger partial charge in [0.15, 0.2) is 0 Å². The van der Waals surface area contributed by atoms with Gasteiger partial charge in [0, 0.05) is 72.5 Å². The number of anilines is 6. The van der Waals surface area contributed by atoms with Crippen LogP contribution in [0.15, 0.2) is 237 Å². The summed E-state index contributed by atoms with van der Waals surface area (Å²) >= 11 is 0. The molecule has 2 aliphatic rings. The van der Waals surface area contributed by atoms with E-state index in [1.807, 2.05) is 0 Å². The monoisotopic (exact) mass is 1160 g/mol. The van der Waals surface area contributed by atoms with Gasteiger partial charge in [-0.1, -0.05) is 210 Å². The van der Waals surface area contributed by atoms with Crippen LogP contribution in [0.25, 0.3) is 55.0 Å². The molecular weight excluding hydrogens is 1080 g/mol. The molecule has 2 aliphatic heterocycles. The molecular formula is C82H75BN4O2. The molecule has 0 saturated heterocycles. The van der Waals surface area contributed by atoms with Gasteiger partial charge in [0.1, 0.15) is 23.0 Å². The van der Waals surface area contributed by atoms with Crippen molar-refractivity contribution in [1.82, 2.24) is 9.13 Å². The van der Waals surface area contributed by atoms with E-state index in [2.05, 4.69) is 339 Å². The third kappa shape index (κ3) is 9.39. The first-order chi connectivity index (χ1) is 42.7. The van der Waals surface area contributed by atoms with Gasteiger partial charge in [-0.25, -0.2) is 0 Å². The largest absolute Gasteiger partial charge is 0.456 e. The second kappa shape index (κ2) is 20.4. The molecule has 2 aromatic heterocycles. The average molecular weight is 1160 g/mol. The van der Waals surface area contributed by atoms with E-state index in [4.69, 9.17) is 9.47 Å². The van der Waals surface area contributed by atoms with Gasteiger partial charge in [0.05, 0.1) is 22.1 Å². The fraction of sp³-hybridized carbons (Fsp3) is 0.195. The van der Waals surface area contributed by atoms with Crippen molar-refractivity contribution in [3.8, 4) is 34.4 Å². The maximum absolute atomic E-state index is 7.40. The summed E-state index contributed by atoms with van der Waals surface area (Å²) in [4.78, 5) is 4.80. The second-order valence-corrected chi connectivity index (χ2v) is 28.7. The van der Waals surface area contributed by atoms with E-state index in [1.165, 1.54) is 22.3 Å². The van der Waals surface area contributed by atoms with Gasteiger partial charge < -0.3 is 28.4 Å². The summed E-state index contributed by atoms with van der Waals surface area (Å²) in [5, 5.41) is 4.54. The Kier molecular flexibility index (Phi) is 12.8. The van der Waals surface area contributed by atoms with Crippen LogP contribution < -0.4 is 35.7 Å². The minimum atomic E-state index is -0.205. The topological polar surface area (TPSA) is 34.8 Å². The molecule has 13 aromatic rings. The van der Waals surface area contributed by atoms with Crippen molar-refractivity contribution in [3.05, 3.63) is 259 Å². The molecule has 15 rings (SSSR count). The zero-order valence-corrected chi connectivity index (χ0v) is 53.2.